The Hall–Kier alpha value is -6.22. The van der Waals surface area contributed by atoms with Gasteiger partial charge in [0.15, 0.2) is 8.07 Å². The first-order valence-electron chi connectivity index (χ1n) is 17.3. The fourth-order valence-electron chi connectivity index (χ4n) is 8.35. The first-order chi connectivity index (χ1) is 24.8. The summed E-state index contributed by atoms with van der Waals surface area (Å²) in [7, 11) is -2.84. The minimum atomic E-state index is -2.84. The SMILES string of the molecule is c1ccc([Si](c2ccccc2)(c2cccc(-c3ccc4oc5ccccc5c4c3)c2)c2ccc3c4ccccc4c4ccccc4c3c2)cc1. The van der Waals surface area contributed by atoms with Gasteiger partial charge >= 0.3 is 0 Å². The van der Waals surface area contributed by atoms with Gasteiger partial charge in [0.1, 0.15) is 11.2 Å². The molecule has 0 saturated heterocycles. The molecule has 0 saturated carbocycles. The van der Waals surface area contributed by atoms with Crippen LogP contribution in [0.25, 0.3) is 65.4 Å². The lowest BCUT2D eigenvalue weighted by atomic mass is 9.94. The predicted octanol–water partition coefficient (Wildman–Crippen LogP) is 10.1. The van der Waals surface area contributed by atoms with Crippen LogP contribution in [0.2, 0.25) is 0 Å². The molecule has 10 rings (SSSR count). The van der Waals surface area contributed by atoms with Crippen LogP contribution in [0.4, 0.5) is 0 Å². The summed E-state index contributed by atoms with van der Waals surface area (Å²) >= 11 is 0. The second-order valence-corrected chi connectivity index (χ2v) is 17.0. The largest absolute Gasteiger partial charge is 0.456 e. The van der Waals surface area contributed by atoms with Crippen molar-refractivity contribution in [2.75, 3.05) is 0 Å². The zero-order valence-corrected chi connectivity index (χ0v) is 28.4. The van der Waals surface area contributed by atoms with Crippen LogP contribution in [-0.2, 0) is 0 Å². The molecule has 0 spiro atoms. The fourth-order valence-corrected chi connectivity index (χ4v) is 13.2. The van der Waals surface area contributed by atoms with Crippen molar-refractivity contribution in [2.24, 2.45) is 0 Å². The standard InChI is InChI=1S/C48H32OSi/c1-3-15-35(16-4-1)50(36-17-5-2-6-18-36,38-27-28-43-41-22-8-7-20-39(41)40-21-9-10-23-42(40)45(43)32-38)37-19-13-14-33(30-37)34-26-29-48-46(31-34)44-24-11-12-25-47(44)49-48/h1-32H. The third kappa shape index (κ3) is 4.32. The molecule has 234 valence electrons. The lowest BCUT2D eigenvalue weighted by molar-refractivity contribution is 0.669. The van der Waals surface area contributed by atoms with Crippen LogP contribution in [0.15, 0.2) is 199 Å². The van der Waals surface area contributed by atoms with Gasteiger partial charge in [-0.2, -0.15) is 0 Å². The molecule has 50 heavy (non-hydrogen) atoms. The van der Waals surface area contributed by atoms with E-state index in [9.17, 15) is 0 Å². The number of furan rings is 1. The van der Waals surface area contributed by atoms with Crippen LogP contribution in [0, 0.1) is 0 Å². The Bertz CT molecular complexity index is 2790. The topological polar surface area (TPSA) is 13.1 Å². The van der Waals surface area contributed by atoms with Gasteiger partial charge in [0, 0.05) is 10.8 Å². The van der Waals surface area contributed by atoms with E-state index in [1.54, 1.807) is 0 Å². The van der Waals surface area contributed by atoms with Crippen LogP contribution in [0.3, 0.4) is 0 Å². The van der Waals surface area contributed by atoms with Gasteiger partial charge < -0.3 is 4.42 Å². The normalized spacial score (nSPS) is 12.0. The fraction of sp³-hybridized carbons (Fsp3) is 0. The number of rotatable bonds is 5. The Balaban J connectivity index is 1.28. The third-order valence-corrected chi connectivity index (χ3v) is 15.3. The highest BCUT2D eigenvalue weighted by Crippen LogP contribution is 2.35. The highest BCUT2D eigenvalue weighted by molar-refractivity contribution is 7.20. The second kappa shape index (κ2) is 11.4. The molecular formula is C48H32OSi. The zero-order valence-electron chi connectivity index (χ0n) is 27.4. The van der Waals surface area contributed by atoms with Crippen molar-refractivity contribution in [3.05, 3.63) is 194 Å². The molecule has 0 aliphatic carbocycles. The number of fused-ring (bicyclic) bond motifs is 9. The average molecular weight is 653 g/mol. The molecule has 1 aromatic heterocycles. The van der Waals surface area contributed by atoms with E-state index in [-0.39, 0.29) is 0 Å². The van der Waals surface area contributed by atoms with Gasteiger partial charge in [0.05, 0.1) is 0 Å². The predicted molar refractivity (Wildman–Crippen MR) is 215 cm³/mol. The molecule has 0 N–H and O–H groups in total. The maximum atomic E-state index is 6.19. The molecule has 0 aliphatic heterocycles. The summed E-state index contributed by atoms with van der Waals surface area (Å²) in [5.74, 6) is 0. The summed E-state index contributed by atoms with van der Waals surface area (Å²) in [5, 5.41) is 15.5. The molecule has 10 aromatic rings. The lowest BCUT2D eigenvalue weighted by Gasteiger charge is -2.35. The molecular weight excluding hydrogens is 621 g/mol. The number of hydrogen-bond donors (Lipinski definition) is 0. The van der Waals surface area contributed by atoms with Crippen molar-refractivity contribution >= 4 is 83.1 Å². The first-order valence-corrected chi connectivity index (χ1v) is 19.3. The van der Waals surface area contributed by atoms with E-state index < -0.39 is 8.07 Å². The summed E-state index contributed by atoms with van der Waals surface area (Å²) in [6.07, 6.45) is 0. The van der Waals surface area contributed by atoms with Crippen molar-refractivity contribution in [3.8, 4) is 11.1 Å². The summed E-state index contributed by atoms with van der Waals surface area (Å²) in [4.78, 5) is 0. The van der Waals surface area contributed by atoms with Gasteiger partial charge in [-0.3, -0.25) is 0 Å². The van der Waals surface area contributed by atoms with Crippen molar-refractivity contribution in [2.45, 2.75) is 0 Å². The van der Waals surface area contributed by atoms with Gasteiger partial charge in [0.25, 0.3) is 0 Å². The summed E-state index contributed by atoms with van der Waals surface area (Å²) in [6.45, 7) is 0. The number of para-hydroxylation sites is 1. The molecule has 2 heteroatoms. The Morgan fingerprint density at radius 1 is 0.260 bits per heavy atom. The van der Waals surface area contributed by atoms with Crippen LogP contribution in [-0.4, -0.2) is 8.07 Å². The molecule has 9 aromatic carbocycles. The number of hydrogen-bond acceptors (Lipinski definition) is 1. The van der Waals surface area contributed by atoms with Gasteiger partial charge in [0.2, 0.25) is 0 Å². The van der Waals surface area contributed by atoms with E-state index >= 15 is 0 Å². The Kier molecular flexibility index (Phi) is 6.58. The third-order valence-electron chi connectivity index (χ3n) is 10.6. The minimum Gasteiger partial charge on any atom is -0.456 e. The minimum absolute atomic E-state index is 0.916. The molecule has 0 atom stereocenters. The van der Waals surface area contributed by atoms with E-state index in [0.717, 1.165) is 21.9 Å². The maximum Gasteiger partial charge on any atom is 0.179 e. The van der Waals surface area contributed by atoms with Gasteiger partial charge in [-0.05, 0) is 82.4 Å². The molecule has 0 fully saturated rings. The highest BCUT2D eigenvalue weighted by Gasteiger charge is 2.41. The van der Waals surface area contributed by atoms with Crippen LogP contribution >= 0.6 is 0 Å². The molecule has 0 amide bonds. The summed E-state index contributed by atoms with van der Waals surface area (Å²) in [5.41, 5.74) is 4.23. The molecule has 0 unspecified atom stereocenters. The first kappa shape index (κ1) is 28.8. The van der Waals surface area contributed by atoms with E-state index in [4.69, 9.17) is 4.42 Å². The molecule has 0 bridgehead atoms. The van der Waals surface area contributed by atoms with E-state index in [1.165, 1.54) is 64.2 Å². The van der Waals surface area contributed by atoms with Crippen molar-refractivity contribution < 1.29 is 4.42 Å². The average Bonchev–Trinajstić information content (AvgIpc) is 3.57. The van der Waals surface area contributed by atoms with Crippen LogP contribution < -0.4 is 20.7 Å². The van der Waals surface area contributed by atoms with E-state index in [1.807, 2.05) is 12.1 Å². The summed E-state index contributed by atoms with van der Waals surface area (Å²) < 4.78 is 6.19. The van der Waals surface area contributed by atoms with Crippen molar-refractivity contribution in [1.82, 2.24) is 0 Å². The van der Waals surface area contributed by atoms with Crippen molar-refractivity contribution in [3.63, 3.8) is 0 Å². The zero-order chi connectivity index (χ0) is 33.1. The van der Waals surface area contributed by atoms with Crippen LogP contribution in [0.1, 0.15) is 0 Å². The summed E-state index contributed by atoms with van der Waals surface area (Å²) in [6, 6.07) is 71.8. The van der Waals surface area contributed by atoms with Crippen molar-refractivity contribution in [1.29, 1.82) is 0 Å². The molecule has 0 radical (unpaired) electrons. The molecule has 1 nitrogen and oxygen atoms in total. The van der Waals surface area contributed by atoms with E-state index in [2.05, 4.69) is 182 Å². The quantitative estimate of drug-likeness (QED) is 0.102. The molecule has 1 heterocycles. The Morgan fingerprint density at radius 2 is 0.740 bits per heavy atom. The molecule has 0 aliphatic rings. The van der Waals surface area contributed by atoms with E-state index in [0.29, 0.717) is 0 Å². The lowest BCUT2D eigenvalue weighted by Crippen LogP contribution is -2.74. The van der Waals surface area contributed by atoms with Gasteiger partial charge in [-0.1, -0.05) is 176 Å². The maximum absolute atomic E-state index is 6.19. The second-order valence-electron chi connectivity index (χ2n) is 13.2. The Morgan fingerprint density at radius 3 is 1.40 bits per heavy atom. The monoisotopic (exact) mass is 652 g/mol. The Labute approximate surface area is 291 Å². The van der Waals surface area contributed by atoms with Crippen LogP contribution in [0.5, 0.6) is 0 Å². The van der Waals surface area contributed by atoms with Gasteiger partial charge in [-0.25, -0.2) is 0 Å². The van der Waals surface area contributed by atoms with Gasteiger partial charge in [-0.15, -0.1) is 0 Å². The number of benzene rings is 9. The highest BCUT2D eigenvalue weighted by atomic mass is 28.3. The smallest absolute Gasteiger partial charge is 0.179 e.